The van der Waals surface area contributed by atoms with Crippen molar-refractivity contribution in [1.82, 2.24) is 0 Å². The molecule has 0 radical (unpaired) electrons. The first-order chi connectivity index (χ1) is 10.1. The number of hydrogen-bond acceptors (Lipinski definition) is 4. The zero-order valence-electron chi connectivity index (χ0n) is 10.9. The van der Waals surface area contributed by atoms with E-state index >= 15 is 0 Å². The van der Waals surface area contributed by atoms with Gasteiger partial charge in [-0.05, 0) is 29.8 Å². The maximum absolute atomic E-state index is 10.6. The van der Waals surface area contributed by atoms with E-state index in [0.717, 1.165) is 22.2 Å². The third kappa shape index (κ3) is 2.68. The van der Waals surface area contributed by atoms with Crippen molar-refractivity contribution in [2.45, 2.75) is 6.54 Å². The van der Waals surface area contributed by atoms with E-state index in [2.05, 4.69) is 5.32 Å². The summed E-state index contributed by atoms with van der Waals surface area (Å²) in [4.78, 5) is 10.2. The van der Waals surface area contributed by atoms with Gasteiger partial charge in [-0.25, -0.2) is 0 Å². The number of non-ortho nitro benzene ring substituents is 1. The molecule has 2 aromatic carbocycles. The molecule has 0 aliphatic heterocycles. The second-order valence-corrected chi connectivity index (χ2v) is 4.85. The fraction of sp³-hybridized carbons (Fsp3) is 0.0667. The van der Waals surface area contributed by atoms with E-state index in [9.17, 15) is 10.1 Å². The molecule has 3 aromatic rings. The van der Waals surface area contributed by atoms with Crippen molar-refractivity contribution in [3.8, 4) is 0 Å². The fourth-order valence-corrected chi connectivity index (χ4v) is 2.38. The lowest BCUT2D eigenvalue weighted by Crippen LogP contribution is -1.99. The van der Waals surface area contributed by atoms with E-state index in [1.165, 1.54) is 12.1 Å². The van der Waals surface area contributed by atoms with Crippen LogP contribution in [-0.2, 0) is 6.54 Å². The van der Waals surface area contributed by atoms with E-state index < -0.39 is 4.92 Å². The van der Waals surface area contributed by atoms with Gasteiger partial charge >= 0.3 is 0 Å². The first-order valence-corrected chi connectivity index (χ1v) is 6.67. The highest BCUT2D eigenvalue weighted by molar-refractivity contribution is 6.30. The zero-order chi connectivity index (χ0) is 14.8. The topological polar surface area (TPSA) is 68.3 Å². The van der Waals surface area contributed by atoms with Crippen molar-refractivity contribution in [1.29, 1.82) is 0 Å². The predicted molar refractivity (Wildman–Crippen MR) is 81.6 cm³/mol. The van der Waals surface area contributed by atoms with Gasteiger partial charge in [0.2, 0.25) is 0 Å². The molecule has 3 rings (SSSR count). The van der Waals surface area contributed by atoms with Crippen molar-refractivity contribution < 1.29 is 9.34 Å². The Hall–Kier alpha value is -2.53. The zero-order valence-corrected chi connectivity index (χ0v) is 11.6. The van der Waals surface area contributed by atoms with Crippen LogP contribution in [0.25, 0.3) is 11.0 Å². The highest BCUT2D eigenvalue weighted by atomic mass is 35.5. The van der Waals surface area contributed by atoms with Gasteiger partial charge in [0.15, 0.2) is 5.22 Å². The molecule has 0 atom stereocenters. The number of fused-ring (bicyclic) bond motifs is 1. The molecular formula is C15H11ClN2O3. The summed E-state index contributed by atoms with van der Waals surface area (Å²) in [5.74, 6) is 0. The predicted octanol–water partition coefficient (Wildman–Crippen LogP) is 4.61. The van der Waals surface area contributed by atoms with E-state index in [1.807, 2.05) is 24.3 Å². The van der Waals surface area contributed by atoms with Crippen LogP contribution in [0.1, 0.15) is 5.56 Å². The van der Waals surface area contributed by atoms with Crippen LogP contribution in [0.4, 0.5) is 11.4 Å². The van der Waals surface area contributed by atoms with Crippen LogP contribution in [0.3, 0.4) is 0 Å². The lowest BCUT2D eigenvalue weighted by molar-refractivity contribution is -0.384. The number of hydrogen-bond donors (Lipinski definition) is 1. The number of halogens is 1. The van der Waals surface area contributed by atoms with E-state index in [4.69, 9.17) is 16.0 Å². The molecule has 0 amide bonds. The molecule has 1 N–H and O–H groups in total. The summed E-state index contributed by atoms with van der Waals surface area (Å²) in [6, 6.07) is 13.8. The van der Waals surface area contributed by atoms with Gasteiger partial charge in [-0.3, -0.25) is 10.1 Å². The second-order valence-electron chi connectivity index (χ2n) is 4.51. The van der Waals surface area contributed by atoms with Gasteiger partial charge < -0.3 is 9.73 Å². The van der Waals surface area contributed by atoms with Crippen LogP contribution in [0.5, 0.6) is 0 Å². The Morgan fingerprint density at radius 2 is 1.86 bits per heavy atom. The molecule has 0 aliphatic rings. The molecule has 0 spiro atoms. The van der Waals surface area contributed by atoms with Gasteiger partial charge in [0.1, 0.15) is 5.58 Å². The minimum Gasteiger partial charge on any atom is -0.444 e. The smallest absolute Gasteiger partial charge is 0.269 e. The SMILES string of the molecule is O=[N+]([O-])c1ccc(NCc2c(Cl)oc3ccccc23)cc1. The number of anilines is 1. The Morgan fingerprint density at radius 3 is 2.57 bits per heavy atom. The molecule has 1 aromatic heterocycles. The standard InChI is InChI=1S/C15H11ClN2O3/c16-15-13(12-3-1-2-4-14(12)21-15)9-17-10-5-7-11(8-6-10)18(19)20/h1-8,17H,9H2. The Morgan fingerprint density at radius 1 is 1.14 bits per heavy atom. The van der Waals surface area contributed by atoms with Crippen molar-refractivity contribution in [2.75, 3.05) is 5.32 Å². The Kier molecular flexibility index (Phi) is 3.50. The van der Waals surface area contributed by atoms with E-state index in [0.29, 0.717) is 11.8 Å². The number of rotatable bonds is 4. The van der Waals surface area contributed by atoms with Gasteiger partial charge in [-0.1, -0.05) is 18.2 Å². The summed E-state index contributed by atoms with van der Waals surface area (Å²) in [6.07, 6.45) is 0. The number of nitrogens with zero attached hydrogens (tertiary/aromatic N) is 1. The van der Waals surface area contributed by atoms with E-state index in [1.54, 1.807) is 12.1 Å². The molecule has 6 heteroatoms. The summed E-state index contributed by atoms with van der Waals surface area (Å²) < 4.78 is 5.47. The first-order valence-electron chi connectivity index (χ1n) is 6.29. The average Bonchev–Trinajstić information content (AvgIpc) is 2.81. The van der Waals surface area contributed by atoms with Gasteiger partial charge in [-0.15, -0.1) is 0 Å². The van der Waals surface area contributed by atoms with Gasteiger partial charge in [0.05, 0.1) is 4.92 Å². The highest BCUT2D eigenvalue weighted by Crippen LogP contribution is 2.30. The molecule has 0 aliphatic carbocycles. The number of nitrogens with one attached hydrogen (secondary N) is 1. The van der Waals surface area contributed by atoms with Crippen LogP contribution < -0.4 is 5.32 Å². The Labute approximate surface area is 125 Å². The molecular weight excluding hydrogens is 292 g/mol. The molecule has 0 unspecified atom stereocenters. The normalized spacial score (nSPS) is 10.7. The molecule has 106 valence electrons. The quantitative estimate of drug-likeness (QED) is 0.564. The molecule has 0 saturated carbocycles. The second kappa shape index (κ2) is 5.46. The number of nitro benzene ring substituents is 1. The summed E-state index contributed by atoms with van der Waals surface area (Å²) in [5.41, 5.74) is 2.45. The molecule has 0 saturated heterocycles. The molecule has 1 heterocycles. The van der Waals surface area contributed by atoms with Crippen LogP contribution in [-0.4, -0.2) is 4.92 Å². The van der Waals surface area contributed by atoms with Crippen LogP contribution in [0.2, 0.25) is 5.22 Å². The van der Waals surface area contributed by atoms with Crippen LogP contribution >= 0.6 is 11.6 Å². The lowest BCUT2D eigenvalue weighted by atomic mass is 10.1. The third-order valence-corrected chi connectivity index (χ3v) is 3.50. The molecule has 5 nitrogen and oxygen atoms in total. The Balaban J connectivity index is 1.80. The van der Waals surface area contributed by atoms with Crippen molar-refractivity contribution >= 4 is 33.9 Å². The summed E-state index contributed by atoms with van der Waals surface area (Å²) in [7, 11) is 0. The number of furan rings is 1. The van der Waals surface area contributed by atoms with Crippen molar-refractivity contribution in [2.24, 2.45) is 0 Å². The summed E-state index contributed by atoms with van der Waals surface area (Å²) in [5, 5.41) is 15.1. The number of benzene rings is 2. The monoisotopic (exact) mass is 302 g/mol. The third-order valence-electron chi connectivity index (χ3n) is 3.20. The molecule has 0 bridgehead atoms. The van der Waals surface area contributed by atoms with Gasteiger partial charge in [0, 0.05) is 35.3 Å². The van der Waals surface area contributed by atoms with Crippen LogP contribution in [0, 0.1) is 10.1 Å². The molecule has 21 heavy (non-hydrogen) atoms. The lowest BCUT2D eigenvalue weighted by Gasteiger charge is -2.05. The maximum Gasteiger partial charge on any atom is 0.269 e. The first kappa shape index (κ1) is 13.5. The highest BCUT2D eigenvalue weighted by Gasteiger charge is 2.12. The van der Waals surface area contributed by atoms with E-state index in [-0.39, 0.29) is 5.69 Å². The number of nitro groups is 1. The maximum atomic E-state index is 10.6. The number of para-hydroxylation sites is 1. The summed E-state index contributed by atoms with van der Waals surface area (Å²) in [6.45, 7) is 0.480. The largest absolute Gasteiger partial charge is 0.444 e. The minimum absolute atomic E-state index is 0.0624. The minimum atomic E-state index is -0.426. The Bertz CT molecular complexity index is 796. The van der Waals surface area contributed by atoms with Gasteiger partial charge in [0.25, 0.3) is 5.69 Å². The van der Waals surface area contributed by atoms with Gasteiger partial charge in [-0.2, -0.15) is 0 Å². The summed E-state index contributed by atoms with van der Waals surface area (Å²) >= 11 is 6.10. The molecule has 0 fully saturated rings. The van der Waals surface area contributed by atoms with Crippen LogP contribution in [0.15, 0.2) is 52.9 Å². The van der Waals surface area contributed by atoms with Crippen molar-refractivity contribution in [3.05, 3.63) is 69.4 Å². The van der Waals surface area contributed by atoms with Crippen molar-refractivity contribution in [3.63, 3.8) is 0 Å². The fourth-order valence-electron chi connectivity index (χ4n) is 2.13. The average molecular weight is 303 g/mol.